The molecular weight excluding hydrogens is 184 g/mol. The minimum Gasteiger partial charge on any atom is -0.390 e. The Kier molecular flexibility index (Phi) is 2.79. The first-order chi connectivity index (χ1) is 6.79. The third-order valence-electron chi connectivity index (χ3n) is 2.20. The van der Waals surface area contributed by atoms with Crippen LogP contribution >= 0.6 is 0 Å². The lowest BCUT2D eigenvalue weighted by Gasteiger charge is -2.04. The molecule has 5 nitrogen and oxygen atoms in total. The monoisotopic (exact) mass is 198 g/mol. The molecule has 5 heteroatoms. The van der Waals surface area contributed by atoms with Gasteiger partial charge in [0.25, 0.3) is 0 Å². The largest absolute Gasteiger partial charge is 0.390 e. The van der Waals surface area contributed by atoms with Gasteiger partial charge < -0.3 is 14.4 Å². The van der Waals surface area contributed by atoms with Gasteiger partial charge in [-0.1, -0.05) is 5.16 Å². The zero-order chi connectivity index (χ0) is 9.97. The summed E-state index contributed by atoms with van der Waals surface area (Å²) in [5.41, 5.74) is 0. The van der Waals surface area contributed by atoms with Crippen LogP contribution in [0.4, 0.5) is 0 Å². The topological polar surface area (TPSA) is 68.4 Å². The summed E-state index contributed by atoms with van der Waals surface area (Å²) in [7, 11) is 1.55. The molecule has 1 aliphatic rings. The molecule has 0 amide bonds. The number of ether oxygens (including phenoxy) is 1. The summed E-state index contributed by atoms with van der Waals surface area (Å²) < 4.78 is 9.81. The van der Waals surface area contributed by atoms with Gasteiger partial charge in [-0.3, -0.25) is 0 Å². The fourth-order valence-electron chi connectivity index (χ4n) is 1.31. The average molecular weight is 198 g/mol. The third-order valence-corrected chi connectivity index (χ3v) is 2.20. The molecule has 1 N–H and O–H groups in total. The summed E-state index contributed by atoms with van der Waals surface area (Å²) in [5.74, 6) is 1.77. The number of methoxy groups -OCH3 is 1. The fraction of sp³-hybridized carbons (Fsp3) is 0.778. The smallest absolute Gasteiger partial charge is 0.229 e. The Morgan fingerprint density at radius 2 is 2.43 bits per heavy atom. The van der Waals surface area contributed by atoms with Crippen LogP contribution in [-0.2, 0) is 11.2 Å². The Hall–Kier alpha value is -0.940. The van der Waals surface area contributed by atoms with Gasteiger partial charge in [0.1, 0.15) is 0 Å². The van der Waals surface area contributed by atoms with Crippen molar-refractivity contribution in [2.75, 3.05) is 13.7 Å². The van der Waals surface area contributed by atoms with Crippen molar-refractivity contribution in [1.82, 2.24) is 10.1 Å². The molecule has 1 unspecified atom stereocenters. The molecule has 78 valence electrons. The second-order valence-electron chi connectivity index (χ2n) is 3.63. The first kappa shape index (κ1) is 9.61. The zero-order valence-corrected chi connectivity index (χ0v) is 8.14. The van der Waals surface area contributed by atoms with E-state index >= 15 is 0 Å². The minimum atomic E-state index is -0.562. The van der Waals surface area contributed by atoms with E-state index in [1.165, 1.54) is 0 Å². The lowest BCUT2D eigenvalue weighted by Crippen LogP contribution is -2.17. The highest BCUT2D eigenvalue weighted by molar-refractivity contribution is 5.03. The summed E-state index contributed by atoms with van der Waals surface area (Å²) >= 11 is 0. The second-order valence-corrected chi connectivity index (χ2v) is 3.63. The van der Waals surface area contributed by atoms with Gasteiger partial charge in [0.15, 0.2) is 5.82 Å². The third kappa shape index (κ3) is 2.30. The van der Waals surface area contributed by atoms with E-state index in [9.17, 15) is 5.11 Å². The molecule has 2 rings (SSSR count). The molecule has 0 spiro atoms. The predicted molar refractivity (Wildman–Crippen MR) is 47.9 cm³/mol. The zero-order valence-electron chi connectivity index (χ0n) is 8.14. The highest BCUT2D eigenvalue weighted by Gasteiger charge is 2.28. The maximum atomic E-state index is 9.41. The summed E-state index contributed by atoms with van der Waals surface area (Å²) in [5, 5.41) is 13.3. The lowest BCUT2D eigenvalue weighted by atomic mass is 10.3. The van der Waals surface area contributed by atoms with E-state index in [0.29, 0.717) is 24.8 Å². The van der Waals surface area contributed by atoms with Gasteiger partial charge in [0, 0.05) is 13.0 Å². The van der Waals surface area contributed by atoms with Gasteiger partial charge >= 0.3 is 0 Å². The number of aliphatic hydroxyl groups excluding tert-OH is 1. The molecule has 0 radical (unpaired) electrons. The van der Waals surface area contributed by atoms with Crippen molar-refractivity contribution in [2.24, 2.45) is 0 Å². The standard InChI is InChI=1S/C9H14N2O3/c1-13-5-7(12)4-8-10-9(11-14-8)6-2-3-6/h6-7,12H,2-5H2,1H3. The Balaban J connectivity index is 1.88. The number of aromatic nitrogens is 2. The minimum absolute atomic E-state index is 0.293. The number of hydrogen-bond donors (Lipinski definition) is 1. The second kappa shape index (κ2) is 4.06. The van der Waals surface area contributed by atoms with E-state index in [-0.39, 0.29) is 0 Å². The van der Waals surface area contributed by atoms with E-state index in [4.69, 9.17) is 9.26 Å². The van der Waals surface area contributed by atoms with Crippen molar-refractivity contribution in [2.45, 2.75) is 31.3 Å². The molecule has 0 aromatic carbocycles. The molecule has 1 aliphatic carbocycles. The van der Waals surface area contributed by atoms with Gasteiger partial charge in [0.05, 0.1) is 19.1 Å². The van der Waals surface area contributed by atoms with Crippen molar-refractivity contribution < 1.29 is 14.4 Å². The maximum absolute atomic E-state index is 9.41. The van der Waals surface area contributed by atoms with Crippen LogP contribution < -0.4 is 0 Å². The van der Waals surface area contributed by atoms with E-state index < -0.39 is 6.10 Å². The summed E-state index contributed by atoms with van der Waals surface area (Å²) in [6.45, 7) is 0.293. The molecule has 1 fully saturated rings. The van der Waals surface area contributed by atoms with Crippen LogP contribution in [0.25, 0.3) is 0 Å². The molecule has 1 atom stereocenters. The summed E-state index contributed by atoms with van der Waals surface area (Å²) in [6, 6.07) is 0. The molecule has 0 bridgehead atoms. The number of hydrogen-bond acceptors (Lipinski definition) is 5. The van der Waals surface area contributed by atoms with Gasteiger partial charge in [-0.15, -0.1) is 0 Å². The Labute approximate surface area is 82.1 Å². The van der Waals surface area contributed by atoms with Crippen molar-refractivity contribution in [1.29, 1.82) is 0 Å². The average Bonchev–Trinajstić information content (AvgIpc) is 2.89. The molecule has 14 heavy (non-hydrogen) atoms. The Morgan fingerprint density at radius 3 is 3.07 bits per heavy atom. The fourth-order valence-corrected chi connectivity index (χ4v) is 1.31. The van der Waals surface area contributed by atoms with Gasteiger partial charge in [-0.25, -0.2) is 0 Å². The number of nitrogens with zero attached hydrogens (tertiary/aromatic N) is 2. The highest BCUT2D eigenvalue weighted by Crippen LogP contribution is 2.38. The quantitative estimate of drug-likeness (QED) is 0.746. The first-order valence-corrected chi connectivity index (χ1v) is 4.79. The molecule has 0 aliphatic heterocycles. The van der Waals surface area contributed by atoms with Crippen LogP contribution in [-0.4, -0.2) is 35.1 Å². The van der Waals surface area contributed by atoms with E-state index in [1.807, 2.05) is 0 Å². The van der Waals surface area contributed by atoms with Crippen molar-refractivity contribution >= 4 is 0 Å². The Morgan fingerprint density at radius 1 is 1.64 bits per heavy atom. The van der Waals surface area contributed by atoms with E-state index in [1.54, 1.807) is 7.11 Å². The molecule has 1 heterocycles. The van der Waals surface area contributed by atoms with Gasteiger partial charge in [-0.05, 0) is 12.8 Å². The van der Waals surface area contributed by atoms with Crippen molar-refractivity contribution in [3.05, 3.63) is 11.7 Å². The van der Waals surface area contributed by atoms with E-state index in [2.05, 4.69) is 10.1 Å². The first-order valence-electron chi connectivity index (χ1n) is 4.79. The summed E-state index contributed by atoms with van der Waals surface area (Å²) in [4.78, 5) is 4.20. The van der Waals surface area contributed by atoms with Crippen LogP contribution in [0.15, 0.2) is 4.52 Å². The SMILES string of the molecule is COCC(O)Cc1nc(C2CC2)no1. The van der Waals surface area contributed by atoms with Gasteiger partial charge in [-0.2, -0.15) is 4.98 Å². The molecular formula is C9H14N2O3. The van der Waals surface area contributed by atoms with Crippen molar-refractivity contribution in [3.63, 3.8) is 0 Å². The van der Waals surface area contributed by atoms with Crippen LogP contribution in [0.1, 0.15) is 30.5 Å². The lowest BCUT2D eigenvalue weighted by molar-refractivity contribution is 0.0599. The number of rotatable bonds is 5. The van der Waals surface area contributed by atoms with Crippen LogP contribution in [0.2, 0.25) is 0 Å². The highest BCUT2D eigenvalue weighted by atomic mass is 16.5. The molecule has 1 aromatic heterocycles. The molecule has 0 saturated heterocycles. The molecule has 1 saturated carbocycles. The predicted octanol–water partition coefficient (Wildman–Crippen LogP) is 0.497. The van der Waals surface area contributed by atoms with Crippen LogP contribution in [0.5, 0.6) is 0 Å². The number of aliphatic hydroxyl groups is 1. The van der Waals surface area contributed by atoms with Gasteiger partial charge in [0.2, 0.25) is 5.89 Å². The van der Waals surface area contributed by atoms with E-state index in [0.717, 1.165) is 18.7 Å². The maximum Gasteiger partial charge on any atom is 0.229 e. The molecule has 1 aromatic rings. The van der Waals surface area contributed by atoms with Crippen LogP contribution in [0, 0.1) is 0 Å². The Bertz CT molecular complexity index is 296. The van der Waals surface area contributed by atoms with Crippen molar-refractivity contribution in [3.8, 4) is 0 Å². The van der Waals surface area contributed by atoms with Crippen LogP contribution in [0.3, 0.4) is 0 Å². The summed E-state index contributed by atoms with van der Waals surface area (Å²) in [6.07, 6.45) is 2.11. The normalized spacial score (nSPS) is 18.4.